The molecule has 0 aliphatic rings. The number of anilines is 2. The Morgan fingerprint density at radius 1 is 0.478 bits per heavy atom. The highest BCUT2D eigenvalue weighted by Crippen LogP contribution is 2.25. The van der Waals surface area contributed by atoms with Crippen molar-refractivity contribution < 1.29 is 19.1 Å². The van der Waals surface area contributed by atoms with Gasteiger partial charge < -0.3 is 15.4 Å². The van der Waals surface area contributed by atoms with Gasteiger partial charge in [0.2, 0.25) is 11.8 Å². The molecular weight excluding hydrogens is 572 g/mol. The maximum Gasteiger partial charge on any atom is 0.337 e. The first-order chi connectivity index (χ1) is 22.5. The Kier molecular flexibility index (Phi) is 27.2. The quantitative estimate of drug-likeness (QED) is 0.0623. The van der Waals surface area contributed by atoms with Crippen molar-refractivity contribution in [2.24, 2.45) is 0 Å². The first-order valence-electron chi connectivity index (χ1n) is 19.3. The van der Waals surface area contributed by atoms with Crippen LogP contribution in [0, 0.1) is 0 Å². The van der Waals surface area contributed by atoms with E-state index in [9.17, 15) is 14.4 Å². The monoisotopic (exact) mass is 643 g/mol. The second-order valence-corrected chi connectivity index (χ2v) is 13.3. The lowest BCUT2D eigenvalue weighted by Gasteiger charge is -2.14. The van der Waals surface area contributed by atoms with Gasteiger partial charge in [-0.05, 0) is 31.0 Å². The maximum absolute atomic E-state index is 12.8. The molecule has 6 heteroatoms. The van der Waals surface area contributed by atoms with Gasteiger partial charge in [0.15, 0.2) is 0 Å². The van der Waals surface area contributed by atoms with Crippen molar-refractivity contribution in [2.75, 3.05) is 17.7 Å². The molecule has 1 aromatic rings. The van der Waals surface area contributed by atoms with E-state index in [2.05, 4.69) is 24.5 Å². The average molecular weight is 643 g/mol. The zero-order valence-corrected chi connectivity index (χ0v) is 30.2. The minimum Gasteiger partial charge on any atom is -0.465 e. The van der Waals surface area contributed by atoms with E-state index < -0.39 is 5.97 Å². The molecule has 0 aromatic heterocycles. The van der Waals surface area contributed by atoms with Gasteiger partial charge in [0.25, 0.3) is 0 Å². The SMILES string of the molecule is CCCCCCCCCCCCCCCC(=O)Nc1ccc(C(=O)OC)cc1NC(=O)CCCCCCCCCCCCCCC. The molecule has 0 saturated heterocycles. The van der Waals surface area contributed by atoms with Crippen LogP contribution in [0.3, 0.4) is 0 Å². The Balaban J connectivity index is 2.29. The predicted octanol–water partition coefficient (Wildman–Crippen LogP) is 12.3. The fraction of sp³-hybridized carbons (Fsp3) is 0.775. The van der Waals surface area contributed by atoms with Crippen molar-refractivity contribution in [2.45, 2.75) is 194 Å². The summed E-state index contributed by atoms with van der Waals surface area (Å²) in [5, 5.41) is 5.89. The van der Waals surface area contributed by atoms with Gasteiger partial charge in [0, 0.05) is 12.8 Å². The van der Waals surface area contributed by atoms with Crippen LogP contribution < -0.4 is 10.6 Å². The highest BCUT2D eigenvalue weighted by Gasteiger charge is 2.14. The fourth-order valence-electron chi connectivity index (χ4n) is 6.03. The van der Waals surface area contributed by atoms with Gasteiger partial charge in [-0.3, -0.25) is 9.59 Å². The lowest BCUT2D eigenvalue weighted by Crippen LogP contribution is -2.17. The third-order valence-electron chi connectivity index (χ3n) is 9.00. The maximum atomic E-state index is 12.8. The summed E-state index contributed by atoms with van der Waals surface area (Å²) in [6.45, 7) is 4.52. The van der Waals surface area contributed by atoms with Crippen LogP contribution in [-0.2, 0) is 14.3 Å². The van der Waals surface area contributed by atoms with Crippen molar-refractivity contribution in [3.05, 3.63) is 23.8 Å². The van der Waals surface area contributed by atoms with E-state index in [1.165, 1.54) is 136 Å². The Bertz CT molecular complexity index is 917. The highest BCUT2D eigenvalue weighted by atomic mass is 16.5. The molecule has 0 fully saturated rings. The number of methoxy groups -OCH3 is 1. The van der Waals surface area contributed by atoms with Crippen LogP contribution in [0.5, 0.6) is 0 Å². The van der Waals surface area contributed by atoms with Crippen LogP contribution in [0.15, 0.2) is 18.2 Å². The van der Waals surface area contributed by atoms with E-state index in [0.29, 0.717) is 29.8 Å². The zero-order valence-electron chi connectivity index (χ0n) is 30.2. The van der Waals surface area contributed by atoms with E-state index >= 15 is 0 Å². The molecular formula is C40H70N2O4. The van der Waals surface area contributed by atoms with E-state index in [1.807, 2.05) is 0 Å². The molecule has 0 saturated carbocycles. The summed E-state index contributed by atoms with van der Waals surface area (Å²) in [7, 11) is 1.33. The van der Waals surface area contributed by atoms with Crippen LogP contribution in [0.25, 0.3) is 0 Å². The second kappa shape index (κ2) is 30.0. The van der Waals surface area contributed by atoms with Gasteiger partial charge in [-0.25, -0.2) is 4.79 Å². The first-order valence-corrected chi connectivity index (χ1v) is 19.3. The third-order valence-corrected chi connectivity index (χ3v) is 9.00. The molecule has 0 heterocycles. The summed E-state index contributed by atoms with van der Waals surface area (Å²) in [5.41, 5.74) is 1.31. The van der Waals surface area contributed by atoms with Gasteiger partial charge in [0.05, 0.1) is 24.0 Å². The van der Waals surface area contributed by atoms with Crippen molar-refractivity contribution >= 4 is 29.2 Å². The normalized spacial score (nSPS) is 11.0. The molecule has 0 aliphatic heterocycles. The summed E-state index contributed by atoms with van der Waals surface area (Å²) < 4.78 is 4.86. The Labute approximate surface area is 283 Å². The number of nitrogens with one attached hydrogen (secondary N) is 2. The lowest BCUT2D eigenvalue weighted by molar-refractivity contribution is -0.117. The van der Waals surface area contributed by atoms with Crippen molar-refractivity contribution in [1.82, 2.24) is 0 Å². The second-order valence-electron chi connectivity index (χ2n) is 13.3. The minimum absolute atomic E-state index is 0.0686. The first kappa shape index (κ1) is 41.7. The molecule has 46 heavy (non-hydrogen) atoms. The molecule has 264 valence electrons. The molecule has 6 nitrogen and oxygen atoms in total. The average Bonchev–Trinajstić information content (AvgIpc) is 3.05. The minimum atomic E-state index is -0.475. The molecule has 0 spiro atoms. The van der Waals surface area contributed by atoms with Crippen LogP contribution >= 0.6 is 0 Å². The van der Waals surface area contributed by atoms with Crippen LogP contribution in [0.2, 0.25) is 0 Å². The van der Waals surface area contributed by atoms with Gasteiger partial charge in [-0.2, -0.15) is 0 Å². The topological polar surface area (TPSA) is 84.5 Å². The van der Waals surface area contributed by atoms with Crippen molar-refractivity contribution in [3.63, 3.8) is 0 Å². The Morgan fingerprint density at radius 2 is 0.804 bits per heavy atom. The Morgan fingerprint density at radius 3 is 1.15 bits per heavy atom. The van der Waals surface area contributed by atoms with Gasteiger partial charge in [-0.1, -0.05) is 168 Å². The number of benzene rings is 1. The van der Waals surface area contributed by atoms with Crippen LogP contribution in [0.1, 0.15) is 204 Å². The van der Waals surface area contributed by atoms with E-state index in [-0.39, 0.29) is 11.8 Å². The summed E-state index contributed by atoms with van der Waals surface area (Å²) in [6, 6.07) is 4.89. The number of esters is 1. The molecule has 0 aliphatic carbocycles. The number of ether oxygens (including phenoxy) is 1. The number of carbonyl (C=O) groups excluding carboxylic acids is 3. The molecule has 1 rings (SSSR count). The Hall–Kier alpha value is -2.37. The summed E-state index contributed by atoms with van der Waals surface area (Å²) in [5.74, 6) is -0.644. The number of rotatable bonds is 31. The molecule has 0 bridgehead atoms. The molecule has 2 amide bonds. The molecule has 1 aromatic carbocycles. The van der Waals surface area contributed by atoms with Crippen LogP contribution in [0.4, 0.5) is 11.4 Å². The number of carbonyl (C=O) groups is 3. The van der Waals surface area contributed by atoms with Gasteiger partial charge in [0.1, 0.15) is 0 Å². The highest BCUT2D eigenvalue weighted by molar-refractivity contribution is 6.01. The van der Waals surface area contributed by atoms with Crippen molar-refractivity contribution in [1.29, 1.82) is 0 Å². The van der Waals surface area contributed by atoms with Crippen molar-refractivity contribution in [3.8, 4) is 0 Å². The summed E-state index contributed by atoms with van der Waals surface area (Å²) in [6.07, 6.45) is 33.7. The zero-order chi connectivity index (χ0) is 33.5. The van der Waals surface area contributed by atoms with Gasteiger partial charge in [-0.15, -0.1) is 0 Å². The van der Waals surface area contributed by atoms with Crippen LogP contribution in [-0.4, -0.2) is 24.9 Å². The number of unbranched alkanes of at least 4 members (excludes halogenated alkanes) is 24. The third kappa shape index (κ3) is 23.0. The molecule has 0 unspecified atom stereocenters. The molecule has 0 radical (unpaired) electrons. The number of hydrogen-bond acceptors (Lipinski definition) is 4. The van der Waals surface area contributed by atoms with Gasteiger partial charge >= 0.3 is 5.97 Å². The number of hydrogen-bond donors (Lipinski definition) is 2. The lowest BCUT2D eigenvalue weighted by atomic mass is 10.0. The standard InChI is InChI=1S/C40H70N2O4/c1-4-6-8-10-12-14-16-18-20-22-24-26-28-30-38(43)41-36-33-32-35(40(45)46-3)34-37(36)42-39(44)31-29-27-25-23-21-19-17-15-13-11-9-7-5-2/h32-34H,4-31H2,1-3H3,(H,41,43)(H,42,44). The van der Waals surface area contributed by atoms with E-state index in [0.717, 1.165) is 38.5 Å². The van der Waals surface area contributed by atoms with E-state index in [1.54, 1.807) is 18.2 Å². The molecule has 2 N–H and O–H groups in total. The smallest absolute Gasteiger partial charge is 0.337 e. The summed E-state index contributed by atoms with van der Waals surface area (Å²) in [4.78, 5) is 37.6. The van der Waals surface area contributed by atoms with E-state index in [4.69, 9.17) is 4.74 Å². The predicted molar refractivity (Wildman–Crippen MR) is 196 cm³/mol. The fourth-order valence-corrected chi connectivity index (χ4v) is 6.03. The largest absolute Gasteiger partial charge is 0.465 e. The number of amides is 2. The molecule has 0 atom stereocenters. The summed E-state index contributed by atoms with van der Waals surface area (Å²) >= 11 is 0.